The topological polar surface area (TPSA) is 52.6 Å². The predicted molar refractivity (Wildman–Crippen MR) is 42.8 cm³/mol. The van der Waals surface area contributed by atoms with Gasteiger partial charge in [0.15, 0.2) is 0 Å². The van der Waals surface area contributed by atoms with Crippen LogP contribution < -0.4 is 5.32 Å². The number of hydrogen-bond donors (Lipinski definition) is 2. The average Bonchev–Trinajstić information content (AvgIpc) is 2.47. The van der Waals surface area contributed by atoms with Crippen LogP contribution in [0.1, 0.15) is 0 Å². The van der Waals surface area contributed by atoms with E-state index in [0.717, 1.165) is 5.82 Å². The number of allylic oxidation sites excluding steroid dienone is 2. The molecule has 2 heterocycles. The van der Waals surface area contributed by atoms with Crippen LogP contribution in [0.25, 0.3) is 0 Å². The molecule has 0 radical (unpaired) electrons. The molecule has 4 nitrogen and oxygen atoms in total. The van der Waals surface area contributed by atoms with Gasteiger partial charge in [0.25, 0.3) is 0 Å². The molecule has 0 aromatic heterocycles. The molecule has 0 spiro atoms. The van der Waals surface area contributed by atoms with Gasteiger partial charge in [-0.2, -0.15) is 0 Å². The van der Waals surface area contributed by atoms with E-state index in [1.807, 2.05) is 18.2 Å². The number of nitrogens with zero attached hydrogens (tertiary/aromatic N) is 1. The van der Waals surface area contributed by atoms with Gasteiger partial charge >= 0.3 is 5.97 Å². The summed E-state index contributed by atoms with van der Waals surface area (Å²) in [6.07, 6.45) is 7.15. The zero-order valence-electron chi connectivity index (χ0n) is 6.32. The van der Waals surface area contributed by atoms with Crippen LogP contribution in [0.4, 0.5) is 0 Å². The molecule has 2 aliphatic rings. The quantitative estimate of drug-likeness (QED) is 0.582. The summed E-state index contributed by atoms with van der Waals surface area (Å²) in [5, 5.41) is 11.6. The molecule has 2 rings (SSSR count). The van der Waals surface area contributed by atoms with Gasteiger partial charge in [-0.3, -0.25) is 0 Å². The van der Waals surface area contributed by atoms with Gasteiger partial charge in [-0.15, -0.1) is 0 Å². The van der Waals surface area contributed by atoms with E-state index >= 15 is 0 Å². The van der Waals surface area contributed by atoms with Crippen LogP contribution in [0.5, 0.6) is 0 Å². The first-order valence-corrected chi connectivity index (χ1v) is 3.63. The minimum atomic E-state index is -0.902. The first kappa shape index (κ1) is 6.97. The van der Waals surface area contributed by atoms with Crippen molar-refractivity contribution < 1.29 is 9.90 Å². The lowest BCUT2D eigenvalue weighted by atomic mass is 10.3. The number of carboxylic acid groups (broad SMARTS) is 1. The Balaban J connectivity index is 2.28. The molecule has 0 aromatic rings. The van der Waals surface area contributed by atoms with Crippen molar-refractivity contribution in [1.29, 1.82) is 0 Å². The second-order valence-corrected chi connectivity index (χ2v) is 2.57. The Morgan fingerprint density at radius 3 is 3.25 bits per heavy atom. The van der Waals surface area contributed by atoms with E-state index in [0.29, 0.717) is 12.2 Å². The molecule has 0 aromatic carbocycles. The third kappa shape index (κ3) is 0.887. The first-order chi connectivity index (χ1) is 5.79. The summed E-state index contributed by atoms with van der Waals surface area (Å²) in [6.45, 7) is 0.622. The van der Waals surface area contributed by atoms with Crippen molar-refractivity contribution in [3.05, 3.63) is 35.9 Å². The monoisotopic (exact) mass is 164 g/mol. The molecule has 0 atom stereocenters. The van der Waals surface area contributed by atoms with Gasteiger partial charge in [-0.1, -0.05) is 12.2 Å². The summed E-state index contributed by atoms with van der Waals surface area (Å²) in [5.74, 6) is -0.0731. The molecule has 0 saturated heterocycles. The van der Waals surface area contributed by atoms with Crippen LogP contribution in [0.2, 0.25) is 0 Å². The maximum absolute atomic E-state index is 10.7. The second-order valence-electron chi connectivity index (χ2n) is 2.57. The molecular weight excluding hydrogens is 156 g/mol. The molecule has 0 saturated carbocycles. The zero-order chi connectivity index (χ0) is 8.55. The molecule has 0 unspecified atom stereocenters. The van der Waals surface area contributed by atoms with Crippen molar-refractivity contribution in [2.45, 2.75) is 0 Å². The standard InChI is InChI=1S/C8H8N2O2/c11-8(12)6-5-9-7-3-1-2-4-10(6)7/h1-3,5,9H,4H2,(H,11,12). The molecule has 2 aliphatic heterocycles. The summed E-state index contributed by atoms with van der Waals surface area (Å²) in [5.41, 5.74) is 0.297. The van der Waals surface area contributed by atoms with Crippen molar-refractivity contribution >= 4 is 5.97 Å². The molecular formula is C8H8N2O2. The largest absolute Gasteiger partial charge is 0.477 e. The Kier molecular flexibility index (Phi) is 1.40. The van der Waals surface area contributed by atoms with Crippen molar-refractivity contribution in [2.75, 3.05) is 6.54 Å². The minimum absolute atomic E-state index is 0.297. The molecule has 2 N–H and O–H groups in total. The highest BCUT2D eigenvalue weighted by Crippen LogP contribution is 2.19. The maximum Gasteiger partial charge on any atom is 0.354 e. The van der Waals surface area contributed by atoms with Crippen LogP contribution >= 0.6 is 0 Å². The molecule has 0 bridgehead atoms. The van der Waals surface area contributed by atoms with Gasteiger partial charge < -0.3 is 15.3 Å². The number of rotatable bonds is 1. The summed E-state index contributed by atoms with van der Waals surface area (Å²) in [7, 11) is 0. The highest BCUT2D eigenvalue weighted by Gasteiger charge is 2.24. The lowest BCUT2D eigenvalue weighted by Crippen LogP contribution is -2.26. The number of carboxylic acids is 1. The number of fused-ring (bicyclic) bond motifs is 1. The summed E-state index contributed by atoms with van der Waals surface area (Å²) in [4.78, 5) is 12.4. The van der Waals surface area contributed by atoms with Gasteiger partial charge in [-0.05, 0) is 6.08 Å². The molecule has 4 heteroatoms. The van der Waals surface area contributed by atoms with Crippen LogP contribution in [-0.2, 0) is 4.79 Å². The number of carbonyl (C=O) groups is 1. The van der Waals surface area contributed by atoms with Gasteiger partial charge in [0.2, 0.25) is 0 Å². The zero-order valence-corrected chi connectivity index (χ0v) is 6.32. The normalized spacial score (nSPS) is 19.5. The Bertz CT molecular complexity index is 315. The Labute approximate surface area is 69.5 Å². The first-order valence-electron chi connectivity index (χ1n) is 3.63. The van der Waals surface area contributed by atoms with E-state index in [1.54, 1.807) is 4.90 Å². The number of hydrogen-bond acceptors (Lipinski definition) is 3. The fourth-order valence-electron chi connectivity index (χ4n) is 1.27. The molecule has 0 aliphatic carbocycles. The summed E-state index contributed by atoms with van der Waals surface area (Å²) >= 11 is 0. The molecule has 12 heavy (non-hydrogen) atoms. The van der Waals surface area contributed by atoms with E-state index in [1.165, 1.54) is 6.20 Å². The Morgan fingerprint density at radius 2 is 2.50 bits per heavy atom. The van der Waals surface area contributed by atoms with E-state index in [9.17, 15) is 4.79 Å². The van der Waals surface area contributed by atoms with Crippen LogP contribution in [0.15, 0.2) is 35.9 Å². The van der Waals surface area contributed by atoms with Gasteiger partial charge in [0, 0.05) is 12.7 Å². The summed E-state index contributed by atoms with van der Waals surface area (Å²) in [6, 6.07) is 0. The summed E-state index contributed by atoms with van der Waals surface area (Å²) < 4.78 is 0. The van der Waals surface area contributed by atoms with E-state index in [-0.39, 0.29) is 0 Å². The average molecular weight is 164 g/mol. The Morgan fingerprint density at radius 1 is 1.67 bits per heavy atom. The van der Waals surface area contributed by atoms with Crippen LogP contribution in [0.3, 0.4) is 0 Å². The van der Waals surface area contributed by atoms with Crippen molar-refractivity contribution in [3.8, 4) is 0 Å². The van der Waals surface area contributed by atoms with E-state index in [2.05, 4.69) is 5.32 Å². The van der Waals surface area contributed by atoms with Crippen molar-refractivity contribution in [1.82, 2.24) is 10.2 Å². The molecule has 62 valence electrons. The fraction of sp³-hybridized carbons (Fsp3) is 0.125. The third-order valence-corrected chi connectivity index (χ3v) is 1.84. The predicted octanol–water partition coefficient (Wildman–Crippen LogP) is 0.229. The lowest BCUT2D eigenvalue weighted by molar-refractivity contribution is -0.134. The lowest BCUT2D eigenvalue weighted by Gasteiger charge is -2.20. The van der Waals surface area contributed by atoms with E-state index in [4.69, 9.17) is 5.11 Å². The molecule has 0 fully saturated rings. The fourth-order valence-corrected chi connectivity index (χ4v) is 1.27. The highest BCUT2D eigenvalue weighted by atomic mass is 16.4. The smallest absolute Gasteiger partial charge is 0.354 e. The number of aliphatic carboxylic acids is 1. The van der Waals surface area contributed by atoms with Crippen LogP contribution in [-0.4, -0.2) is 22.5 Å². The molecule has 0 amide bonds. The van der Waals surface area contributed by atoms with Crippen LogP contribution in [0, 0.1) is 0 Å². The Hall–Kier alpha value is -1.71. The number of nitrogens with one attached hydrogen (secondary N) is 1. The third-order valence-electron chi connectivity index (χ3n) is 1.84. The van der Waals surface area contributed by atoms with Crippen molar-refractivity contribution in [3.63, 3.8) is 0 Å². The van der Waals surface area contributed by atoms with E-state index < -0.39 is 5.97 Å². The van der Waals surface area contributed by atoms with Gasteiger partial charge in [-0.25, -0.2) is 4.79 Å². The second kappa shape index (κ2) is 2.41. The SMILES string of the molecule is O=C(O)C1=CNC2=CC=CCN21. The highest BCUT2D eigenvalue weighted by molar-refractivity contribution is 5.87. The van der Waals surface area contributed by atoms with Gasteiger partial charge in [0.1, 0.15) is 11.5 Å². The maximum atomic E-state index is 10.7. The van der Waals surface area contributed by atoms with Gasteiger partial charge in [0.05, 0.1) is 0 Å². The van der Waals surface area contributed by atoms with Crippen molar-refractivity contribution in [2.24, 2.45) is 0 Å². The minimum Gasteiger partial charge on any atom is -0.477 e.